The minimum atomic E-state index is 0.107. The van der Waals surface area contributed by atoms with Crippen molar-refractivity contribution in [1.82, 2.24) is 0 Å². The van der Waals surface area contributed by atoms with Crippen molar-refractivity contribution in [3.63, 3.8) is 0 Å². The fraction of sp³-hybridized carbons (Fsp3) is 1.00. The normalized spacial score (nSPS) is 27.9. The quantitative estimate of drug-likeness (QED) is 0.739. The van der Waals surface area contributed by atoms with Crippen LogP contribution < -0.4 is 5.73 Å². The van der Waals surface area contributed by atoms with Gasteiger partial charge in [0.2, 0.25) is 0 Å². The summed E-state index contributed by atoms with van der Waals surface area (Å²) in [5.74, 6) is 0.666. The molecule has 1 rings (SSSR count). The SMILES string of the molecule is CCCC(CN)CC1CCC(C)(C)O1. The lowest BCUT2D eigenvalue weighted by Gasteiger charge is -2.22. The molecule has 0 aliphatic carbocycles. The van der Waals surface area contributed by atoms with Gasteiger partial charge in [0.15, 0.2) is 0 Å². The van der Waals surface area contributed by atoms with Gasteiger partial charge in [0.1, 0.15) is 0 Å². The molecule has 1 aliphatic rings. The average Bonchev–Trinajstić information content (AvgIpc) is 2.45. The molecule has 14 heavy (non-hydrogen) atoms. The molecule has 0 spiro atoms. The summed E-state index contributed by atoms with van der Waals surface area (Å²) >= 11 is 0. The first-order chi connectivity index (χ1) is 6.57. The van der Waals surface area contributed by atoms with Crippen LogP contribution in [0.4, 0.5) is 0 Å². The van der Waals surface area contributed by atoms with Crippen LogP contribution >= 0.6 is 0 Å². The molecule has 2 heteroatoms. The number of rotatable bonds is 5. The molecule has 1 fully saturated rings. The first-order valence-corrected chi connectivity index (χ1v) is 5.95. The minimum absolute atomic E-state index is 0.107. The lowest BCUT2D eigenvalue weighted by molar-refractivity contribution is -0.0245. The number of hydrogen-bond acceptors (Lipinski definition) is 2. The van der Waals surface area contributed by atoms with E-state index < -0.39 is 0 Å². The number of nitrogens with two attached hydrogens (primary N) is 1. The molecule has 2 atom stereocenters. The molecule has 0 aromatic carbocycles. The van der Waals surface area contributed by atoms with Crippen molar-refractivity contribution in [1.29, 1.82) is 0 Å². The van der Waals surface area contributed by atoms with Crippen molar-refractivity contribution in [2.75, 3.05) is 6.54 Å². The van der Waals surface area contributed by atoms with Crippen LogP contribution in [0.25, 0.3) is 0 Å². The van der Waals surface area contributed by atoms with Gasteiger partial charge in [-0.1, -0.05) is 13.3 Å². The highest BCUT2D eigenvalue weighted by Gasteiger charge is 2.32. The first-order valence-electron chi connectivity index (χ1n) is 5.95. The summed E-state index contributed by atoms with van der Waals surface area (Å²) in [6, 6.07) is 0. The third-order valence-corrected chi connectivity index (χ3v) is 3.18. The third-order valence-electron chi connectivity index (χ3n) is 3.18. The molecule has 2 nitrogen and oxygen atoms in total. The van der Waals surface area contributed by atoms with Crippen LogP contribution in [0.3, 0.4) is 0 Å². The van der Waals surface area contributed by atoms with Crippen LogP contribution in [0.1, 0.15) is 52.9 Å². The van der Waals surface area contributed by atoms with E-state index in [2.05, 4.69) is 20.8 Å². The van der Waals surface area contributed by atoms with E-state index in [0.29, 0.717) is 12.0 Å². The van der Waals surface area contributed by atoms with E-state index in [9.17, 15) is 0 Å². The predicted octanol–water partition coefficient (Wildman–Crippen LogP) is 2.71. The second kappa shape index (κ2) is 5.13. The van der Waals surface area contributed by atoms with Crippen molar-refractivity contribution < 1.29 is 4.74 Å². The van der Waals surface area contributed by atoms with E-state index in [1.165, 1.54) is 25.7 Å². The van der Waals surface area contributed by atoms with Gasteiger partial charge in [0.25, 0.3) is 0 Å². The summed E-state index contributed by atoms with van der Waals surface area (Å²) in [4.78, 5) is 0. The van der Waals surface area contributed by atoms with Crippen molar-refractivity contribution in [2.45, 2.75) is 64.6 Å². The van der Waals surface area contributed by atoms with Gasteiger partial charge in [-0.25, -0.2) is 0 Å². The second-order valence-corrected chi connectivity index (χ2v) is 5.16. The van der Waals surface area contributed by atoms with Crippen molar-refractivity contribution >= 4 is 0 Å². The summed E-state index contributed by atoms with van der Waals surface area (Å²) in [6.07, 6.45) is 6.52. The molecule has 0 saturated carbocycles. The highest BCUT2D eigenvalue weighted by atomic mass is 16.5. The fourth-order valence-corrected chi connectivity index (χ4v) is 2.36. The zero-order valence-electron chi connectivity index (χ0n) is 9.88. The molecule has 0 radical (unpaired) electrons. The minimum Gasteiger partial charge on any atom is -0.372 e. The van der Waals surface area contributed by atoms with E-state index in [4.69, 9.17) is 10.5 Å². The van der Waals surface area contributed by atoms with Crippen LogP contribution in [0.15, 0.2) is 0 Å². The van der Waals surface area contributed by atoms with E-state index in [0.717, 1.165) is 13.0 Å². The molecular weight excluding hydrogens is 174 g/mol. The smallest absolute Gasteiger partial charge is 0.0631 e. The third kappa shape index (κ3) is 3.58. The van der Waals surface area contributed by atoms with Crippen molar-refractivity contribution in [3.8, 4) is 0 Å². The summed E-state index contributed by atoms with van der Waals surface area (Å²) in [5.41, 5.74) is 5.86. The van der Waals surface area contributed by atoms with Gasteiger partial charge in [-0.15, -0.1) is 0 Å². The van der Waals surface area contributed by atoms with Crippen molar-refractivity contribution in [3.05, 3.63) is 0 Å². The Labute approximate surface area is 88.2 Å². The maximum Gasteiger partial charge on any atom is 0.0631 e. The Balaban J connectivity index is 2.30. The van der Waals surface area contributed by atoms with E-state index in [1.807, 2.05) is 0 Å². The van der Waals surface area contributed by atoms with Gasteiger partial charge in [-0.3, -0.25) is 0 Å². The molecule has 0 aromatic heterocycles. The largest absolute Gasteiger partial charge is 0.372 e. The lowest BCUT2D eigenvalue weighted by Crippen LogP contribution is -2.24. The molecule has 84 valence electrons. The molecule has 1 heterocycles. The maximum absolute atomic E-state index is 5.97. The van der Waals surface area contributed by atoms with Gasteiger partial charge in [-0.05, 0) is 52.0 Å². The first kappa shape index (κ1) is 12.0. The van der Waals surface area contributed by atoms with Crippen LogP contribution in [0, 0.1) is 5.92 Å². The molecular formula is C12H25NO. The van der Waals surface area contributed by atoms with Crippen LogP contribution in [0.2, 0.25) is 0 Å². The Kier molecular flexibility index (Phi) is 4.39. The van der Waals surface area contributed by atoms with Gasteiger partial charge in [0, 0.05) is 0 Å². The summed E-state index contributed by atoms with van der Waals surface area (Å²) in [5, 5.41) is 0. The van der Waals surface area contributed by atoms with E-state index in [1.54, 1.807) is 0 Å². The van der Waals surface area contributed by atoms with Gasteiger partial charge in [-0.2, -0.15) is 0 Å². The highest BCUT2D eigenvalue weighted by Crippen LogP contribution is 2.32. The number of hydrogen-bond donors (Lipinski definition) is 1. The van der Waals surface area contributed by atoms with E-state index in [-0.39, 0.29) is 5.60 Å². The standard InChI is InChI=1S/C12H25NO/c1-4-5-10(9-13)8-11-6-7-12(2,3)14-11/h10-11H,4-9,13H2,1-3H3. The predicted molar refractivity (Wildman–Crippen MR) is 60.3 cm³/mol. The Morgan fingerprint density at radius 1 is 1.50 bits per heavy atom. The molecule has 2 unspecified atom stereocenters. The Bertz CT molecular complexity index is 168. The Morgan fingerprint density at radius 2 is 2.21 bits per heavy atom. The van der Waals surface area contributed by atoms with Crippen LogP contribution in [0.5, 0.6) is 0 Å². The highest BCUT2D eigenvalue weighted by molar-refractivity contribution is 4.82. The molecule has 2 N–H and O–H groups in total. The fourth-order valence-electron chi connectivity index (χ4n) is 2.36. The zero-order valence-corrected chi connectivity index (χ0v) is 9.88. The topological polar surface area (TPSA) is 35.2 Å². The van der Waals surface area contributed by atoms with Crippen molar-refractivity contribution in [2.24, 2.45) is 11.7 Å². The van der Waals surface area contributed by atoms with E-state index >= 15 is 0 Å². The lowest BCUT2D eigenvalue weighted by atomic mass is 9.95. The molecule has 0 amide bonds. The summed E-state index contributed by atoms with van der Waals surface area (Å²) in [7, 11) is 0. The van der Waals surface area contributed by atoms with Crippen LogP contribution in [-0.2, 0) is 4.74 Å². The Morgan fingerprint density at radius 3 is 2.64 bits per heavy atom. The maximum atomic E-state index is 5.97. The number of ether oxygens (including phenoxy) is 1. The summed E-state index contributed by atoms with van der Waals surface area (Å²) < 4.78 is 5.97. The zero-order chi connectivity index (χ0) is 10.6. The monoisotopic (exact) mass is 199 g/mol. The molecule has 0 aromatic rings. The van der Waals surface area contributed by atoms with Gasteiger partial charge < -0.3 is 10.5 Å². The van der Waals surface area contributed by atoms with Gasteiger partial charge in [0.05, 0.1) is 11.7 Å². The van der Waals surface area contributed by atoms with Gasteiger partial charge >= 0.3 is 0 Å². The molecule has 1 aliphatic heterocycles. The molecule has 0 bridgehead atoms. The average molecular weight is 199 g/mol. The Hall–Kier alpha value is -0.0800. The summed E-state index contributed by atoms with van der Waals surface area (Å²) in [6.45, 7) is 7.41. The second-order valence-electron chi connectivity index (χ2n) is 5.16. The molecule has 1 saturated heterocycles. The van der Waals surface area contributed by atoms with Crippen LogP contribution in [-0.4, -0.2) is 18.2 Å².